The molecule has 0 aliphatic rings. The van der Waals surface area contributed by atoms with Crippen LogP contribution in [0, 0.1) is 13.8 Å². The summed E-state index contributed by atoms with van der Waals surface area (Å²) in [5, 5.41) is 0. The van der Waals surface area contributed by atoms with Crippen LogP contribution >= 0.6 is 15.9 Å². The number of ketones is 1. The Hall–Kier alpha value is -2.34. The molecule has 6 heteroatoms. The zero-order chi connectivity index (χ0) is 16.6. The maximum Gasteiger partial charge on any atom is 0.270 e. The first-order chi connectivity index (χ1) is 10.9. The summed E-state index contributed by atoms with van der Waals surface area (Å²) in [6.07, 6.45) is 1.55. The monoisotopic (exact) mass is 371 g/mol. The van der Waals surface area contributed by atoms with Crippen LogP contribution in [0.3, 0.4) is 0 Å². The van der Waals surface area contributed by atoms with E-state index in [-0.39, 0.29) is 23.5 Å². The van der Waals surface area contributed by atoms with Crippen LogP contribution in [0.15, 0.2) is 39.7 Å². The number of pyridine rings is 1. The Balaban J connectivity index is 1.97. The third kappa shape index (κ3) is 3.22. The molecule has 23 heavy (non-hydrogen) atoms. The van der Waals surface area contributed by atoms with Gasteiger partial charge in [-0.3, -0.25) is 9.59 Å². The fourth-order valence-electron chi connectivity index (χ4n) is 2.48. The molecule has 3 rings (SSSR count). The number of H-pyrrole nitrogens is 1. The molecule has 0 unspecified atom stereocenters. The Labute approximate surface area is 140 Å². The summed E-state index contributed by atoms with van der Waals surface area (Å²) in [5.41, 5.74) is 3.36. The van der Waals surface area contributed by atoms with Crippen molar-refractivity contribution < 1.29 is 4.79 Å². The average molecular weight is 372 g/mol. The lowest BCUT2D eigenvalue weighted by Gasteiger charge is -2.06. The van der Waals surface area contributed by atoms with Gasteiger partial charge in [0.1, 0.15) is 5.69 Å². The molecule has 0 saturated heterocycles. The summed E-state index contributed by atoms with van der Waals surface area (Å²) in [6, 6.07) is 7.35. The van der Waals surface area contributed by atoms with E-state index in [1.807, 2.05) is 26.0 Å². The van der Waals surface area contributed by atoms with Crippen LogP contribution in [-0.2, 0) is 6.42 Å². The Morgan fingerprint density at radius 1 is 1.26 bits per heavy atom. The number of benzene rings is 1. The summed E-state index contributed by atoms with van der Waals surface area (Å²) in [4.78, 5) is 35.7. The maximum absolute atomic E-state index is 12.5. The van der Waals surface area contributed by atoms with E-state index >= 15 is 0 Å². The molecule has 0 bridgehead atoms. The molecular formula is C17H14BrN3O2. The quantitative estimate of drug-likeness (QED) is 0.717. The van der Waals surface area contributed by atoms with Crippen molar-refractivity contribution in [1.29, 1.82) is 0 Å². The van der Waals surface area contributed by atoms with Crippen LogP contribution in [-0.4, -0.2) is 20.7 Å². The Morgan fingerprint density at radius 2 is 2.04 bits per heavy atom. The molecule has 1 N–H and O–H groups in total. The highest BCUT2D eigenvalue weighted by atomic mass is 79.9. The van der Waals surface area contributed by atoms with Gasteiger partial charge in [-0.05, 0) is 41.4 Å². The van der Waals surface area contributed by atoms with Crippen molar-refractivity contribution in [2.75, 3.05) is 0 Å². The lowest BCUT2D eigenvalue weighted by atomic mass is 9.99. The minimum absolute atomic E-state index is 0.0487. The molecule has 2 aromatic heterocycles. The highest BCUT2D eigenvalue weighted by Crippen LogP contribution is 2.15. The third-order valence-corrected chi connectivity index (χ3v) is 4.03. The van der Waals surface area contributed by atoms with Crippen molar-refractivity contribution in [3.05, 3.63) is 67.7 Å². The second-order valence-corrected chi connectivity index (χ2v) is 6.37. The number of hydrogen-bond donors (Lipinski definition) is 1. The number of nitrogens with one attached hydrogen (secondary N) is 1. The highest BCUT2D eigenvalue weighted by Gasteiger charge is 2.14. The molecule has 0 aliphatic carbocycles. The maximum atomic E-state index is 12.5. The number of aryl methyl sites for hydroxylation is 2. The van der Waals surface area contributed by atoms with Gasteiger partial charge in [0.05, 0.1) is 11.9 Å². The molecule has 0 spiro atoms. The molecule has 2 heterocycles. The van der Waals surface area contributed by atoms with E-state index < -0.39 is 0 Å². The zero-order valence-corrected chi connectivity index (χ0v) is 14.3. The van der Waals surface area contributed by atoms with E-state index in [1.54, 1.807) is 18.3 Å². The van der Waals surface area contributed by atoms with Crippen LogP contribution in [0.4, 0.5) is 0 Å². The molecule has 116 valence electrons. The molecule has 0 radical (unpaired) electrons. The molecule has 0 atom stereocenters. The van der Waals surface area contributed by atoms with Gasteiger partial charge in [0.25, 0.3) is 5.56 Å². The van der Waals surface area contributed by atoms with Crippen LogP contribution in [0.2, 0.25) is 0 Å². The van der Waals surface area contributed by atoms with Gasteiger partial charge in [0.2, 0.25) is 0 Å². The number of nitrogens with zero attached hydrogens (tertiary/aromatic N) is 2. The van der Waals surface area contributed by atoms with Crippen molar-refractivity contribution >= 4 is 32.9 Å². The van der Waals surface area contributed by atoms with Gasteiger partial charge >= 0.3 is 0 Å². The van der Waals surface area contributed by atoms with Crippen molar-refractivity contribution in [2.24, 2.45) is 0 Å². The summed E-state index contributed by atoms with van der Waals surface area (Å²) in [7, 11) is 0. The van der Waals surface area contributed by atoms with Gasteiger partial charge in [-0.2, -0.15) is 0 Å². The van der Waals surface area contributed by atoms with E-state index in [2.05, 4.69) is 30.9 Å². The SMILES string of the molecule is Cc1ccc(C(=O)Cc2nc3ncc(Br)cc3[nH]c2=O)c(C)c1. The topological polar surface area (TPSA) is 75.7 Å². The Kier molecular flexibility index (Phi) is 4.09. The standard InChI is InChI=1S/C17H14BrN3O2/c1-9-3-4-12(10(2)5-9)15(22)7-14-17(23)21-13-6-11(18)8-19-16(13)20-14/h3-6,8H,7H2,1-2H3,(H,21,23). The van der Waals surface area contributed by atoms with Crippen LogP contribution in [0.1, 0.15) is 27.2 Å². The van der Waals surface area contributed by atoms with Gasteiger partial charge in [-0.25, -0.2) is 9.97 Å². The van der Waals surface area contributed by atoms with Gasteiger partial charge in [-0.1, -0.05) is 23.8 Å². The molecule has 0 saturated carbocycles. The number of aromatic nitrogens is 3. The lowest BCUT2D eigenvalue weighted by Crippen LogP contribution is -2.19. The van der Waals surface area contributed by atoms with E-state index in [0.717, 1.165) is 15.6 Å². The van der Waals surface area contributed by atoms with Gasteiger partial charge < -0.3 is 4.98 Å². The van der Waals surface area contributed by atoms with Gasteiger partial charge in [0.15, 0.2) is 11.4 Å². The summed E-state index contributed by atoms with van der Waals surface area (Å²) in [6.45, 7) is 3.86. The predicted octanol–water partition coefficient (Wildman–Crippen LogP) is 3.12. The number of aromatic amines is 1. The van der Waals surface area contributed by atoms with Crippen molar-refractivity contribution in [3.63, 3.8) is 0 Å². The summed E-state index contributed by atoms with van der Waals surface area (Å²) in [5.74, 6) is -0.128. The largest absolute Gasteiger partial charge is 0.318 e. The van der Waals surface area contributed by atoms with Crippen molar-refractivity contribution in [3.8, 4) is 0 Å². The zero-order valence-electron chi connectivity index (χ0n) is 12.7. The number of rotatable bonds is 3. The minimum Gasteiger partial charge on any atom is -0.318 e. The number of carbonyl (C=O) groups is 1. The fraction of sp³-hybridized carbons (Fsp3) is 0.176. The van der Waals surface area contributed by atoms with E-state index in [1.165, 1.54) is 0 Å². The summed E-state index contributed by atoms with van der Waals surface area (Å²) >= 11 is 3.29. The number of carbonyl (C=O) groups excluding carboxylic acids is 1. The van der Waals surface area contributed by atoms with Crippen molar-refractivity contribution in [1.82, 2.24) is 15.0 Å². The molecule has 3 aromatic rings. The highest BCUT2D eigenvalue weighted by molar-refractivity contribution is 9.10. The lowest BCUT2D eigenvalue weighted by molar-refractivity contribution is 0.0991. The minimum atomic E-state index is -0.365. The average Bonchev–Trinajstić information content (AvgIpc) is 2.48. The third-order valence-electron chi connectivity index (χ3n) is 3.59. The first kappa shape index (κ1) is 15.6. The van der Waals surface area contributed by atoms with Gasteiger partial charge in [-0.15, -0.1) is 0 Å². The first-order valence-corrected chi connectivity index (χ1v) is 7.88. The van der Waals surface area contributed by atoms with Crippen LogP contribution < -0.4 is 5.56 Å². The number of hydrogen-bond acceptors (Lipinski definition) is 4. The number of Topliss-reactive ketones (excluding diaryl/α,β-unsaturated/α-hetero) is 1. The number of fused-ring (bicyclic) bond motifs is 1. The Bertz CT molecular complexity index is 979. The Morgan fingerprint density at radius 3 is 2.78 bits per heavy atom. The number of halogens is 1. The second kappa shape index (κ2) is 6.04. The molecule has 0 fully saturated rings. The molecule has 5 nitrogen and oxygen atoms in total. The smallest absolute Gasteiger partial charge is 0.270 e. The van der Waals surface area contributed by atoms with Crippen molar-refractivity contribution in [2.45, 2.75) is 20.3 Å². The van der Waals surface area contributed by atoms with Crippen LogP contribution in [0.5, 0.6) is 0 Å². The van der Waals surface area contributed by atoms with E-state index in [0.29, 0.717) is 16.7 Å². The summed E-state index contributed by atoms with van der Waals surface area (Å²) < 4.78 is 0.751. The molecule has 1 aromatic carbocycles. The fourth-order valence-corrected chi connectivity index (χ4v) is 2.81. The van der Waals surface area contributed by atoms with E-state index in [4.69, 9.17) is 0 Å². The van der Waals surface area contributed by atoms with E-state index in [9.17, 15) is 9.59 Å². The first-order valence-electron chi connectivity index (χ1n) is 7.09. The normalized spacial score (nSPS) is 10.9. The van der Waals surface area contributed by atoms with Crippen LogP contribution in [0.25, 0.3) is 11.2 Å². The molecule has 0 amide bonds. The molecule has 0 aliphatic heterocycles. The second-order valence-electron chi connectivity index (χ2n) is 5.46. The molecular weight excluding hydrogens is 358 g/mol. The predicted molar refractivity (Wildman–Crippen MR) is 91.8 cm³/mol. The van der Waals surface area contributed by atoms with Gasteiger partial charge in [0, 0.05) is 16.2 Å².